The SMILES string of the molecule is CN=C(NCc1c(C)nn(C)c1C)NCC(C)N1CCc2ccccc21. The molecule has 0 amide bonds. The van der Waals surface area contributed by atoms with Gasteiger partial charge < -0.3 is 15.5 Å². The molecule has 2 N–H and O–H groups in total. The van der Waals surface area contributed by atoms with E-state index in [1.165, 1.54) is 22.5 Å². The van der Waals surface area contributed by atoms with Crippen molar-refractivity contribution in [3.8, 4) is 0 Å². The van der Waals surface area contributed by atoms with Crippen LogP contribution in [-0.4, -0.2) is 41.9 Å². The number of hydrogen-bond donors (Lipinski definition) is 2. The van der Waals surface area contributed by atoms with Crippen LogP contribution >= 0.6 is 0 Å². The third-order valence-corrected chi connectivity index (χ3v) is 5.34. The van der Waals surface area contributed by atoms with Crippen LogP contribution in [0.3, 0.4) is 0 Å². The maximum atomic E-state index is 4.47. The van der Waals surface area contributed by atoms with Crippen LogP contribution in [-0.2, 0) is 20.0 Å². The van der Waals surface area contributed by atoms with Gasteiger partial charge >= 0.3 is 0 Å². The van der Waals surface area contributed by atoms with Gasteiger partial charge in [0.2, 0.25) is 0 Å². The van der Waals surface area contributed by atoms with Gasteiger partial charge in [-0.1, -0.05) is 18.2 Å². The fourth-order valence-corrected chi connectivity index (χ4v) is 3.64. The number of aryl methyl sites for hydroxylation is 2. The Kier molecular flexibility index (Phi) is 5.49. The summed E-state index contributed by atoms with van der Waals surface area (Å²) in [6.45, 7) is 9.07. The molecule has 2 aromatic rings. The molecule has 1 aromatic carbocycles. The number of fused-ring (bicyclic) bond motifs is 1. The monoisotopic (exact) mass is 354 g/mol. The van der Waals surface area contributed by atoms with Gasteiger partial charge in [-0.2, -0.15) is 5.10 Å². The van der Waals surface area contributed by atoms with Crippen molar-refractivity contribution < 1.29 is 0 Å². The summed E-state index contributed by atoms with van der Waals surface area (Å²) in [4.78, 5) is 6.84. The van der Waals surface area contributed by atoms with Crippen molar-refractivity contribution in [1.82, 2.24) is 20.4 Å². The van der Waals surface area contributed by atoms with Crippen LogP contribution in [0.1, 0.15) is 29.4 Å². The zero-order valence-electron chi connectivity index (χ0n) is 16.5. The minimum Gasteiger partial charge on any atom is -0.366 e. The summed E-state index contributed by atoms with van der Waals surface area (Å²) in [6, 6.07) is 9.10. The zero-order valence-corrected chi connectivity index (χ0v) is 16.5. The van der Waals surface area contributed by atoms with E-state index in [-0.39, 0.29) is 0 Å². The van der Waals surface area contributed by atoms with Crippen LogP contribution in [0, 0.1) is 13.8 Å². The minimum atomic E-state index is 0.402. The highest BCUT2D eigenvalue weighted by atomic mass is 15.3. The molecule has 0 aliphatic carbocycles. The van der Waals surface area contributed by atoms with E-state index in [1.54, 1.807) is 0 Å². The Hall–Kier alpha value is -2.50. The Bertz CT molecular complexity index is 792. The van der Waals surface area contributed by atoms with Gasteiger partial charge in [0, 0.05) is 56.7 Å². The number of rotatable bonds is 5. The Balaban J connectivity index is 1.55. The second kappa shape index (κ2) is 7.81. The van der Waals surface area contributed by atoms with E-state index in [0.29, 0.717) is 6.04 Å². The molecule has 3 rings (SSSR count). The molecule has 1 unspecified atom stereocenters. The van der Waals surface area contributed by atoms with Crippen LogP contribution < -0.4 is 15.5 Å². The maximum absolute atomic E-state index is 4.47. The summed E-state index contributed by atoms with van der Waals surface area (Å²) in [5, 5.41) is 11.3. The lowest BCUT2D eigenvalue weighted by Crippen LogP contribution is -2.45. The third kappa shape index (κ3) is 3.69. The highest BCUT2D eigenvalue weighted by Crippen LogP contribution is 2.28. The fourth-order valence-electron chi connectivity index (χ4n) is 3.64. The van der Waals surface area contributed by atoms with Gasteiger partial charge in [-0.05, 0) is 38.8 Å². The minimum absolute atomic E-state index is 0.402. The summed E-state index contributed by atoms with van der Waals surface area (Å²) < 4.78 is 1.93. The van der Waals surface area contributed by atoms with E-state index in [4.69, 9.17) is 0 Å². The number of anilines is 1. The molecule has 1 atom stereocenters. The Morgan fingerprint density at radius 2 is 2.04 bits per heavy atom. The molecule has 140 valence electrons. The number of guanidine groups is 1. The van der Waals surface area contributed by atoms with Crippen molar-refractivity contribution in [3.63, 3.8) is 0 Å². The van der Waals surface area contributed by atoms with E-state index in [0.717, 1.165) is 37.7 Å². The maximum Gasteiger partial charge on any atom is 0.191 e. The second-order valence-electron chi connectivity index (χ2n) is 7.00. The molecular formula is C20H30N6. The average Bonchev–Trinajstić information content (AvgIpc) is 3.17. The third-order valence-electron chi connectivity index (χ3n) is 5.34. The van der Waals surface area contributed by atoms with Gasteiger partial charge in [-0.25, -0.2) is 0 Å². The number of aliphatic imine (C=N–C) groups is 1. The van der Waals surface area contributed by atoms with Crippen LogP contribution in [0.2, 0.25) is 0 Å². The topological polar surface area (TPSA) is 57.5 Å². The van der Waals surface area contributed by atoms with Crippen LogP contribution in [0.25, 0.3) is 0 Å². The van der Waals surface area contributed by atoms with Crippen molar-refractivity contribution >= 4 is 11.6 Å². The lowest BCUT2D eigenvalue weighted by atomic mass is 10.2. The quantitative estimate of drug-likeness (QED) is 0.638. The van der Waals surface area contributed by atoms with Gasteiger partial charge in [-0.3, -0.25) is 9.67 Å². The van der Waals surface area contributed by atoms with Gasteiger partial charge in [0.05, 0.1) is 5.69 Å². The van der Waals surface area contributed by atoms with E-state index in [2.05, 4.69) is 63.7 Å². The molecule has 0 saturated carbocycles. The molecule has 0 radical (unpaired) electrons. The Morgan fingerprint density at radius 1 is 1.27 bits per heavy atom. The number of hydrogen-bond acceptors (Lipinski definition) is 3. The largest absolute Gasteiger partial charge is 0.366 e. The van der Waals surface area contributed by atoms with Crippen molar-refractivity contribution in [2.75, 3.05) is 25.0 Å². The van der Waals surface area contributed by atoms with Crippen LogP contribution in [0.5, 0.6) is 0 Å². The lowest BCUT2D eigenvalue weighted by Gasteiger charge is -2.28. The van der Waals surface area contributed by atoms with E-state index < -0.39 is 0 Å². The molecule has 26 heavy (non-hydrogen) atoms. The fraction of sp³-hybridized carbons (Fsp3) is 0.500. The standard InChI is InChI=1S/C20H30N6/c1-14(26-11-10-17-8-6-7-9-19(17)26)12-22-20(21-4)23-13-18-15(2)24-25(5)16(18)3/h6-9,14H,10-13H2,1-5H3,(H2,21,22,23). The molecule has 0 spiro atoms. The number of nitrogens with zero attached hydrogens (tertiary/aromatic N) is 4. The lowest BCUT2D eigenvalue weighted by molar-refractivity contribution is 0.625. The van der Waals surface area contributed by atoms with E-state index in [9.17, 15) is 0 Å². The van der Waals surface area contributed by atoms with E-state index in [1.807, 2.05) is 25.7 Å². The van der Waals surface area contributed by atoms with Crippen LogP contribution in [0.15, 0.2) is 29.3 Å². The molecule has 0 fully saturated rings. The summed E-state index contributed by atoms with van der Waals surface area (Å²) in [5.74, 6) is 0.826. The van der Waals surface area contributed by atoms with Gasteiger partial charge in [-0.15, -0.1) is 0 Å². The number of aromatic nitrogens is 2. The number of para-hydroxylation sites is 1. The summed E-state index contributed by atoms with van der Waals surface area (Å²) in [6.07, 6.45) is 1.13. The van der Waals surface area contributed by atoms with Crippen LogP contribution in [0.4, 0.5) is 5.69 Å². The molecule has 1 aromatic heterocycles. The van der Waals surface area contributed by atoms with Crippen molar-refractivity contribution in [1.29, 1.82) is 0 Å². The molecule has 6 heteroatoms. The Morgan fingerprint density at radius 3 is 2.73 bits per heavy atom. The summed E-state index contributed by atoms with van der Waals surface area (Å²) >= 11 is 0. The predicted molar refractivity (Wildman–Crippen MR) is 108 cm³/mol. The molecule has 2 heterocycles. The molecule has 0 bridgehead atoms. The summed E-state index contributed by atoms with van der Waals surface area (Å²) in [5.41, 5.74) is 6.30. The van der Waals surface area contributed by atoms with Gasteiger partial charge in [0.25, 0.3) is 0 Å². The van der Waals surface area contributed by atoms with Gasteiger partial charge in [0.1, 0.15) is 0 Å². The predicted octanol–water partition coefficient (Wildman–Crippen LogP) is 2.15. The first kappa shape index (κ1) is 18.3. The smallest absolute Gasteiger partial charge is 0.191 e. The molecule has 0 saturated heterocycles. The second-order valence-corrected chi connectivity index (χ2v) is 7.00. The first-order valence-electron chi connectivity index (χ1n) is 9.29. The molecule has 1 aliphatic heterocycles. The van der Waals surface area contributed by atoms with Crippen molar-refractivity contribution in [2.45, 2.75) is 39.8 Å². The van der Waals surface area contributed by atoms with Gasteiger partial charge in [0.15, 0.2) is 5.96 Å². The highest BCUT2D eigenvalue weighted by Gasteiger charge is 2.22. The normalized spacial score (nSPS) is 15.1. The summed E-state index contributed by atoms with van der Waals surface area (Å²) in [7, 11) is 3.79. The molecule has 1 aliphatic rings. The number of benzene rings is 1. The highest BCUT2D eigenvalue weighted by molar-refractivity contribution is 5.79. The molecular weight excluding hydrogens is 324 g/mol. The average molecular weight is 355 g/mol. The molecule has 6 nitrogen and oxygen atoms in total. The van der Waals surface area contributed by atoms with E-state index >= 15 is 0 Å². The Labute approximate surface area is 156 Å². The zero-order chi connectivity index (χ0) is 18.7. The van der Waals surface area contributed by atoms with Crippen molar-refractivity contribution in [3.05, 3.63) is 46.8 Å². The van der Waals surface area contributed by atoms with Crippen molar-refractivity contribution in [2.24, 2.45) is 12.0 Å². The first-order chi connectivity index (χ1) is 12.5. The first-order valence-corrected chi connectivity index (χ1v) is 9.29. The number of nitrogens with one attached hydrogen (secondary N) is 2.